The second-order valence-corrected chi connectivity index (χ2v) is 7.85. The smallest absolute Gasteiger partial charge is 0.240 e. The number of hydrogen-bond acceptors (Lipinski definition) is 5. The van der Waals surface area contributed by atoms with Gasteiger partial charge in [-0.05, 0) is 30.7 Å². The van der Waals surface area contributed by atoms with E-state index in [1.807, 2.05) is 0 Å². The van der Waals surface area contributed by atoms with Gasteiger partial charge in [0.15, 0.2) is 0 Å². The molecule has 0 atom stereocenters. The van der Waals surface area contributed by atoms with Crippen LogP contribution in [0.25, 0.3) is 0 Å². The molecule has 0 radical (unpaired) electrons. The van der Waals surface area contributed by atoms with Gasteiger partial charge in [0.25, 0.3) is 0 Å². The zero-order valence-corrected chi connectivity index (χ0v) is 12.8. The van der Waals surface area contributed by atoms with Crippen LogP contribution in [0.15, 0.2) is 29.2 Å². The summed E-state index contributed by atoms with van der Waals surface area (Å²) in [6.45, 7) is 0.491. The van der Waals surface area contributed by atoms with Crippen molar-refractivity contribution < 1.29 is 16.8 Å². The van der Waals surface area contributed by atoms with Gasteiger partial charge in [0.05, 0.1) is 11.2 Å². The summed E-state index contributed by atoms with van der Waals surface area (Å²) in [5.41, 5.74) is 6.38. The molecule has 1 aromatic rings. The van der Waals surface area contributed by atoms with Crippen LogP contribution in [0.5, 0.6) is 0 Å². The summed E-state index contributed by atoms with van der Waals surface area (Å²) in [6.07, 6.45) is 1.70. The first-order chi connectivity index (χ1) is 9.24. The Balaban J connectivity index is 2.60. The van der Waals surface area contributed by atoms with Crippen molar-refractivity contribution in [3.8, 4) is 0 Å². The lowest BCUT2D eigenvalue weighted by atomic mass is 10.2. The number of nitrogens with two attached hydrogens (primary N) is 1. The van der Waals surface area contributed by atoms with Crippen molar-refractivity contribution in [2.75, 3.05) is 25.9 Å². The van der Waals surface area contributed by atoms with Gasteiger partial charge in [-0.25, -0.2) is 26.3 Å². The van der Waals surface area contributed by atoms with Gasteiger partial charge < -0.3 is 5.73 Å². The molecule has 0 bridgehead atoms. The fourth-order valence-electron chi connectivity index (χ4n) is 1.51. The second kappa shape index (κ2) is 7.14. The number of rotatable bonds is 8. The third kappa shape index (κ3) is 5.97. The maximum atomic E-state index is 11.9. The summed E-state index contributed by atoms with van der Waals surface area (Å²) in [6, 6.07) is 6.40. The van der Waals surface area contributed by atoms with E-state index in [1.54, 1.807) is 12.1 Å². The highest BCUT2D eigenvalue weighted by atomic mass is 32.2. The van der Waals surface area contributed by atoms with Crippen LogP contribution in [0.2, 0.25) is 0 Å². The molecule has 0 amide bonds. The molecule has 7 nitrogen and oxygen atoms in total. The normalized spacial score (nSPS) is 12.5. The Morgan fingerprint density at radius 1 is 1.00 bits per heavy atom. The lowest BCUT2D eigenvalue weighted by Crippen LogP contribution is -2.34. The van der Waals surface area contributed by atoms with Gasteiger partial charge in [-0.15, -0.1) is 0 Å². The number of hydrogen-bond donors (Lipinski definition) is 3. The maximum Gasteiger partial charge on any atom is 0.240 e. The standard InChI is InChI=1S/C11H19N3O4S2/c1-19(15,16)13-8-9-14-20(17,18)11-4-2-10(3-5-11)6-7-12/h2-5,13-14H,6-9,12H2,1H3. The van der Waals surface area contributed by atoms with Crippen LogP contribution >= 0.6 is 0 Å². The molecule has 20 heavy (non-hydrogen) atoms. The monoisotopic (exact) mass is 321 g/mol. The molecule has 9 heteroatoms. The minimum absolute atomic E-state index is 0.00329. The zero-order chi connectivity index (χ0) is 15.2. The first-order valence-electron chi connectivity index (χ1n) is 5.98. The fraction of sp³-hybridized carbons (Fsp3) is 0.455. The van der Waals surface area contributed by atoms with E-state index in [-0.39, 0.29) is 18.0 Å². The second-order valence-electron chi connectivity index (χ2n) is 4.25. The molecule has 0 saturated heterocycles. The van der Waals surface area contributed by atoms with Crippen LogP contribution in [-0.4, -0.2) is 42.7 Å². The van der Waals surface area contributed by atoms with E-state index in [4.69, 9.17) is 5.73 Å². The lowest BCUT2D eigenvalue weighted by Gasteiger charge is -2.08. The van der Waals surface area contributed by atoms with Crippen LogP contribution in [-0.2, 0) is 26.5 Å². The first-order valence-corrected chi connectivity index (χ1v) is 9.35. The highest BCUT2D eigenvalue weighted by Gasteiger charge is 2.13. The van der Waals surface area contributed by atoms with Crippen LogP contribution in [0.4, 0.5) is 0 Å². The molecule has 0 fully saturated rings. The first kappa shape index (κ1) is 17.1. The van der Waals surface area contributed by atoms with Gasteiger partial charge in [-0.3, -0.25) is 0 Å². The van der Waals surface area contributed by atoms with E-state index in [0.29, 0.717) is 13.0 Å². The average Bonchev–Trinajstić information content (AvgIpc) is 2.35. The van der Waals surface area contributed by atoms with Crippen LogP contribution < -0.4 is 15.2 Å². The largest absolute Gasteiger partial charge is 0.330 e. The van der Waals surface area contributed by atoms with Gasteiger partial charge in [-0.1, -0.05) is 12.1 Å². The molecule has 0 aliphatic rings. The molecule has 0 aliphatic carbocycles. The van der Waals surface area contributed by atoms with Crippen molar-refractivity contribution in [2.24, 2.45) is 5.73 Å². The average molecular weight is 321 g/mol. The molecule has 0 spiro atoms. The molecule has 0 heterocycles. The minimum Gasteiger partial charge on any atom is -0.330 e. The van der Waals surface area contributed by atoms with E-state index in [9.17, 15) is 16.8 Å². The topological polar surface area (TPSA) is 118 Å². The molecule has 0 aromatic heterocycles. The summed E-state index contributed by atoms with van der Waals surface area (Å²) in [4.78, 5) is 0.137. The van der Waals surface area contributed by atoms with Crippen molar-refractivity contribution in [2.45, 2.75) is 11.3 Å². The van der Waals surface area contributed by atoms with E-state index in [1.165, 1.54) is 12.1 Å². The van der Waals surface area contributed by atoms with Gasteiger partial charge in [0.1, 0.15) is 0 Å². The molecular formula is C11H19N3O4S2. The van der Waals surface area contributed by atoms with Crippen molar-refractivity contribution in [1.82, 2.24) is 9.44 Å². The Bertz CT molecular complexity index is 624. The molecule has 114 valence electrons. The Morgan fingerprint density at radius 3 is 2.05 bits per heavy atom. The molecule has 1 rings (SSSR count). The van der Waals surface area contributed by atoms with Crippen molar-refractivity contribution in [3.63, 3.8) is 0 Å². The molecule has 0 aliphatic heterocycles. The Labute approximate surface area is 119 Å². The predicted molar refractivity (Wildman–Crippen MR) is 77.2 cm³/mol. The Morgan fingerprint density at radius 2 is 1.55 bits per heavy atom. The summed E-state index contributed by atoms with van der Waals surface area (Å²) < 4.78 is 50.0. The van der Waals surface area contributed by atoms with Crippen molar-refractivity contribution in [3.05, 3.63) is 29.8 Å². The van der Waals surface area contributed by atoms with Crippen LogP contribution in [0.3, 0.4) is 0 Å². The van der Waals surface area contributed by atoms with E-state index >= 15 is 0 Å². The quantitative estimate of drug-likeness (QED) is 0.532. The molecule has 4 N–H and O–H groups in total. The highest BCUT2D eigenvalue weighted by Crippen LogP contribution is 2.10. The van der Waals surface area contributed by atoms with Gasteiger partial charge in [-0.2, -0.15) is 0 Å². The molecule has 0 unspecified atom stereocenters. The third-order valence-corrected chi connectivity index (χ3v) is 4.65. The van der Waals surface area contributed by atoms with Crippen LogP contribution in [0, 0.1) is 0 Å². The summed E-state index contributed by atoms with van der Waals surface area (Å²) >= 11 is 0. The number of benzene rings is 1. The Kier molecular flexibility index (Phi) is 6.08. The van der Waals surface area contributed by atoms with E-state index in [2.05, 4.69) is 9.44 Å². The summed E-state index contributed by atoms with van der Waals surface area (Å²) in [7, 11) is -6.94. The van der Waals surface area contributed by atoms with Gasteiger partial charge in [0, 0.05) is 13.1 Å². The molecular weight excluding hydrogens is 302 g/mol. The molecule has 1 aromatic carbocycles. The maximum absolute atomic E-state index is 11.9. The third-order valence-electron chi connectivity index (χ3n) is 2.45. The minimum atomic E-state index is -3.63. The summed E-state index contributed by atoms with van der Waals surface area (Å²) in [5, 5.41) is 0. The van der Waals surface area contributed by atoms with E-state index < -0.39 is 20.0 Å². The highest BCUT2D eigenvalue weighted by molar-refractivity contribution is 7.89. The van der Waals surface area contributed by atoms with Crippen molar-refractivity contribution in [1.29, 1.82) is 0 Å². The number of nitrogens with one attached hydrogen (secondary N) is 2. The SMILES string of the molecule is CS(=O)(=O)NCCNS(=O)(=O)c1ccc(CCN)cc1. The predicted octanol–water partition coefficient (Wildman–Crippen LogP) is -0.985. The van der Waals surface area contributed by atoms with E-state index in [0.717, 1.165) is 11.8 Å². The number of sulfonamides is 2. The summed E-state index contributed by atoms with van der Waals surface area (Å²) in [5.74, 6) is 0. The van der Waals surface area contributed by atoms with Crippen LogP contribution in [0.1, 0.15) is 5.56 Å². The lowest BCUT2D eigenvalue weighted by molar-refractivity contribution is 0.573. The molecule has 0 saturated carbocycles. The van der Waals surface area contributed by atoms with Crippen molar-refractivity contribution >= 4 is 20.0 Å². The zero-order valence-electron chi connectivity index (χ0n) is 11.2. The Hall–Kier alpha value is -1.00. The van der Waals surface area contributed by atoms with Gasteiger partial charge in [0.2, 0.25) is 20.0 Å². The fourth-order valence-corrected chi connectivity index (χ4v) is 3.01. The van der Waals surface area contributed by atoms with Gasteiger partial charge >= 0.3 is 0 Å².